The number of benzene rings is 6. The zero-order valence-corrected chi connectivity index (χ0v) is 41.5. The van der Waals surface area contributed by atoms with Crippen LogP contribution in [0, 0.1) is 0 Å². The molecule has 0 saturated heterocycles. The fourth-order valence-electron chi connectivity index (χ4n) is 12.1. The minimum Gasteiger partial charge on any atom is -0.307 e. The van der Waals surface area contributed by atoms with E-state index in [9.17, 15) is 14.4 Å². The lowest BCUT2D eigenvalue weighted by atomic mass is 9.91. The molecule has 0 bridgehead atoms. The fraction of sp³-hybridized carbons (Fsp3) is 0.233. The number of carbonyl (C=O) groups is 4. The number of nitrogens with one attached hydrogen (secondary N) is 3. The lowest BCUT2D eigenvalue weighted by molar-refractivity contribution is -0.121. The van der Waals surface area contributed by atoms with Gasteiger partial charge in [-0.05, 0) is 145 Å². The molecule has 4 aliphatic carbocycles. The van der Waals surface area contributed by atoms with Crippen LogP contribution < -0.4 is 20.4 Å². The summed E-state index contributed by atoms with van der Waals surface area (Å²) in [6.07, 6.45) is 5.62. The Morgan fingerprint density at radius 2 is 1.14 bits per heavy atom. The number of H-pyrrole nitrogens is 1. The second-order valence-corrected chi connectivity index (χ2v) is 21.9. The maximum absolute atomic E-state index is 15.0. The lowest BCUT2D eigenvalue weighted by Crippen LogP contribution is -2.32. The molecule has 2 spiro atoms. The zero-order valence-electron chi connectivity index (χ0n) is 40.0. The van der Waals surface area contributed by atoms with Gasteiger partial charge in [-0.3, -0.25) is 24.3 Å². The van der Waals surface area contributed by atoms with Gasteiger partial charge in [0, 0.05) is 79.7 Å². The van der Waals surface area contributed by atoms with E-state index in [1.165, 1.54) is 0 Å². The van der Waals surface area contributed by atoms with Gasteiger partial charge < -0.3 is 20.4 Å². The van der Waals surface area contributed by atoms with Crippen LogP contribution in [0.1, 0.15) is 128 Å². The van der Waals surface area contributed by atoms with Crippen molar-refractivity contribution in [2.24, 2.45) is 0 Å². The Morgan fingerprint density at radius 1 is 0.581 bits per heavy atom. The Balaban J connectivity index is 0.728. The van der Waals surface area contributed by atoms with Crippen LogP contribution in [-0.4, -0.2) is 43.6 Å². The number of halogens is 2. The summed E-state index contributed by atoms with van der Waals surface area (Å²) >= 11 is 12.6. The first kappa shape index (κ1) is 44.9. The highest BCUT2D eigenvalue weighted by Gasteiger charge is 2.68. The summed E-state index contributed by atoms with van der Waals surface area (Å²) in [6.45, 7) is 0.595. The topological polar surface area (TPSA) is 145 Å². The van der Waals surface area contributed by atoms with E-state index in [-0.39, 0.29) is 47.9 Å². The molecule has 0 radical (unpaired) electrons. The van der Waals surface area contributed by atoms with Crippen molar-refractivity contribution in [3.05, 3.63) is 218 Å². The third-order valence-electron chi connectivity index (χ3n) is 16.3. The summed E-state index contributed by atoms with van der Waals surface area (Å²) < 4.78 is 1.92. The van der Waals surface area contributed by atoms with Gasteiger partial charge in [-0.25, -0.2) is 4.68 Å². The molecule has 14 heteroatoms. The van der Waals surface area contributed by atoms with Crippen LogP contribution in [0.3, 0.4) is 0 Å². The van der Waals surface area contributed by atoms with Crippen molar-refractivity contribution in [1.82, 2.24) is 20.0 Å². The molecule has 14 rings (SSSR count). The van der Waals surface area contributed by atoms with Crippen molar-refractivity contribution in [2.45, 2.75) is 86.1 Å². The van der Waals surface area contributed by atoms with Gasteiger partial charge in [0.1, 0.15) is 0 Å². The molecule has 8 aromatic rings. The van der Waals surface area contributed by atoms with Crippen LogP contribution in [0.4, 0.5) is 23.0 Å². The van der Waals surface area contributed by atoms with Crippen molar-refractivity contribution in [1.29, 1.82) is 0 Å². The molecule has 74 heavy (non-hydrogen) atoms. The number of amides is 4. The Morgan fingerprint density at radius 3 is 1.73 bits per heavy atom. The third-order valence-corrected chi connectivity index (χ3v) is 16.8. The van der Waals surface area contributed by atoms with E-state index in [0.717, 1.165) is 93.9 Å². The molecular weight excluding hydrogens is 968 g/mol. The number of para-hydroxylation sites is 1. The van der Waals surface area contributed by atoms with E-state index in [4.69, 9.17) is 28.3 Å². The van der Waals surface area contributed by atoms with Crippen LogP contribution in [0.2, 0.25) is 10.0 Å². The smallest absolute Gasteiger partial charge is 0.256 e. The molecule has 4 atom stereocenters. The van der Waals surface area contributed by atoms with Crippen molar-refractivity contribution in [3.8, 4) is 5.69 Å². The molecule has 366 valence electrons. The summed E-state index contributed by atoms with van der Waals surface area (Å²) in [6, 6.07) is 48.4. The largest absolute Gasteiger partial charge is 0.307 e. The molecule has 2 aromatic heterocycles. The van der Waals surface area contributed by atoms with Gasteiger partial charge in [-0.15, -0.1) is 5.10 Å². The number of rotatable bonds is 13. The zero-order chi connectivity index (χ0) is 50.0. The standard InChI is InChI=1S/C60H48Cl2N8O4/c61-42-19-15-36(16-20-42)47-30-59(47)45-9-1-2-10-50(45)68(57(59)73)32-34-5-4-8-41(26-34)56(72)64-54-29-52(39-13-14-39)70(67-54)44-23-24-51-46(27-44)60(31-48(60)37-17-21-43(62)22-18-37)58(74)69(51)33-35-6-3-7-40(25-35)55(71)63-53-28-49(65-66-53)38-11-12-38/h1-10,15-29,38-39,47-48H,11-14,30-33H2,(H,64,67,72)(H2,63,65,66,71). The highest BCUT2D eigenvalue weighted by atomic mass is 35.5. The second kappa shape index (κ2) is 16.9. The molecule has 4 fully saturated rings. The Hall–Kier alpha value is -7.80. The molecule has 2 aliphatic heterocycles. The van der Waals surface area contributed by atoms with E-state index >= 15 is 4.79 Å². The van der Waals surface area contributed by atoms with Crippen LogP contribution in [0.15, 0.2) is 152 Å². The Bertz CT molecular complexity index is 3660. The van der Waals surface area contributed by atoms with Crippen molar-refractivity contribution in [2.75, 3.05) is 20.4 Å². The Kier molecular flexibility index (Phi) is 10.2. The van der Waals surface area contributed by atoms with E-state index in [0.29, 0.717) is 51.7 Å². The van der Waals surface area contributed by atoms with E-state index in [2.05, 4.69) is 33.0 Å². The first-order valence-electron chi connectivity index (χ1n) is 25.4. The highest BCUT2D eigenvalue weighted by molar-refractivity contribution is 6.31. The summed E-state index contributed by atoms with van der Waals surface area (Å²) in [5, 5.41) is 19.7. The Labute approximate surface area is 436 Å². The minimum atomic E-state index is -0.804. The first-order valence-corrected chi connectivity index (χ1v) is 26.1. The average molecular weight is 1020 g/mol. The highest BCUT2D eigenvalue weighted by Crippen LogP contribution is 2.68. The van der Waals surface area contributed by atoms with Crippen molar-refractivity contribution < 1.29 is 19.2 Å². The van der Waals surface area contributed by atoms with Gasteiger partial charge in [-0.2, -0.15) is 5.10 Å². The number of carbonyl (C=O) groups excluding carboxylic acids is 4. The van der Waals surface area contributed by atoms with Gasteiger partial charge in [-0.1, -0.05) is 89.9 Å². The minimum absolute atomic E-state index is 0.00845. The predicted molar refractivity (Wildman–Crippen MR) is 285 cm³/mol. The number of aromatic nitrogens is 4. The monoisotopic (exact) mass is 1010 g/mol. The molecule has 4 unspecified atom stereocenters. The molecule has 6 aliphatic rings. The van der Waals surface area contributed by atoms with Gasteiger partial charge >= 0.3 is 0 Å². The molecule has 4 amide bonds. The van der Waals surface area contributed by atoms with Crippen LogP contribution in [-0.2, 0) is 33.5 Å². The number of nitrogens with zero attached hydrogens (tertiary/aromatic N) is 5. The van der Waals surface area contributed by atoms with Gasteiger partial charge in [0.2, 0.25) is 11.8 Å². The molecule has 3 N–H and O–H groups in total. The molecule has 4 saturated carbocycles. The van der Waals surface area contributed by atoms with E-state index in [1.54, 1.807) is 12.1 Å². The molecular formula is C60H48Cl2N8O4. The SMILES string of the molecule is O=C(Nc1cc(C2CC2)[nH]n1)c1cccc(CN2C(=O)C3(CC3c3ccc(Cl)cc3)c3cc(-n4nc(NC(=O)c5cccc(CN6C(=O)C7(CC7c7ccc(Cl)cc7)c7ccccc76)c5)cc4C4CC4)ccc32)c1. The molecule has 4 heterocycles. The number of anilines is 4. The van der Waals surface area contributed by atoms with Crippen LogP contribution >= 0.6 is 23.2 Å². The van der Waals surface area contributed by atoms with E-state index in [1.807, 2.05) is 142 Å². The summed E-state index contributed by atoms with van der Waals surface area (Å²) in [7, 11) is 0. The third kappa shape index (κ3) is 7.48. The van der Waals surface area contributed by atoms with Crippen molar-refractivity contribution >= 4 is 69.8 Å². The van der Waals surface area contributed by atoms with Gasteiger partial charge in [0.25, 0.3) is 11.8 Å². The maximum atomic E-state index is 15.0. The lowest BCUT2D eigenvalue weighted by Gasteiger charge is -2.19. The fourth-order valence-corrected chi connectivity index (χ4v) is 12.3. The van der Waals surface area contributed by atoms with Gasteiger partial charge in [0.05, 0.1) is 29.6 Å². The van der Waals surface area contributed by atoms with E-state index < -0.39 is 10.8 Å². The summed E-state index contributed by atoms with van der Waals surface area (Å²) in [5.74, 6) is 1.17. The molecule has 6 aromatic carbocycles. The number of hydrogen-bond acceptors (Lipinski definition) is 6. The van der Waals surface area contributed by atoms with Crippen LogP contribution in [0.5, 0.6) is 0 Å². The van der Waals surface area contributed by atoms with Gasteiger partial charge in [0.15, 0.2) is 11.6 Å². The van der Waals surface area contributed by atoms with Crippen LogP contribution in [0.25, 0.3) is 5.69 Å². The number of fused-ring (bicyclic) bond motifs is 4. The number of aromatic amines is 1. The molecule has 12 nitrogen and oxygen atoms in total. The average Bonchev–Trinajstić information content (AvgIpc) is 4.33. The summed E-state index contributed by atoms with van der Waals surface area (Å²) in [5.41, 5.74) is 9.81. The first-order chi connectivity index (χ1) is 36.0. The number of hydrogen-bond donors (Lipinski definition) is 3. The quantitative estimate of drug-likeness (QED) is 0.105. The second-order valence-electron chi connectivity index (χ2n) is 21.0. The maximum Gasteiger partial charge on any atom is 0.256 e. The normalized spacial score (nSPS) is 22.1. The predicted octanol–water partition coefficient (Wildman–Crippen LogP) is 12.1. The van der Waals surface area contributed by atoms with Crippen molar-refractivity contribution in [3.63, 3.8) is 0 Å². The summed E-state index contributed by atoms with van der Waals surface area (Å²) in [4.78, 5) is 60.8.